The number of aryl methyl sites for hydroxylation is 1. The van der Waals surface area contributed by atoms with Gasteiger partial charge in [0.15, 0.2) is 17.3 Å². The third-order valence-electron chi connectivity index (χ3n) is 4.06. The molecule has 1 heterocycles. The van der Waals surface area contributed by atoms with Crippen LogP contribution in [0.2, 0.25) is 0 Å². The van der Waals surface area contributed by atoms with Crippen LogP contribution >= 0.6 is 11.8 Å². The number of para-hydroxylation sites is 1. The Bertz CT molecular complexity index is 989. The van der Waals surface area contributed by atoms with Crippen LogP contribution in [-0.2, 0) is 4.79 Å². The summed E-state index contributed by atoms with van der Waals surface area (Å²) < 4.78 is 11.9. The predicted molar refractivity (Wildman–Crippen MR) is 109 cm³/mol. The summed E-state index contributed by atoms with van der Waals surface area (Å²) in [6, 6.07) is 13.0. The molecule has 0 radical (unpaired) electrons. The molecule has 0 unspecified atom stereocenters. The number of anilines is 1. The highest BCUT2D eigenvalue weighted by molar-refractivity contribution is 7.99. The van der Waals surface area contributed by atoms with Crippen molar-refractivity contribution in [2.24, 2.45) is 0 Å². The number of amides is 1. The quantitative estimate of drug-likeness (QED) is 0.465. The van der Waals surface area contributed by atoms with Crippen LogP contribution in [0.5, 0.6) is 11.5 Å². The van der Waals surface area contributed by atoms with Gasteiger partial charge >= 0.3 is 0 Å². The molecule has 0 aliphatic carbocycles. The van der Waals surface area contributed by atoms with E-state index in [0.29, 0.717) is 22.5 Å². The fraction of sp³-hybridized carbons (Fsp3) is 0.211. The number of aromatic nitrogens is 3. The summed E-state index contributed by atoms with van der Waals surface area (Å²) in [4.78, 5) is 12.2. The molecule has 1 amide bonds. The molecular formula is C19H21N5O3S. The Balaban J connectivity index is 1.70. The van der Waals surface area contributed by atoms with Crippen molar-refractivity contribution >= 4 is 23.4 Å². The number of ether oxygens (including phenoxy) is 2. The van der Waals surface area contributed by atoms with Crippen LogP contribution in [0.4, 0.5) is 5.69 Å². The maximum atomic E-state index is 12.2. The second-order valence-electron chi connectivity index (χ2n) is 5.90. The lowest BCUT2D eigenvalue weighted by Crippen LogP contribution is -2.17. The van der Waals surface area contributed by atoms with E-state index in [9.17, 15) is 4.79 Å². The number of nitrogens with two attached hydrogens (primary N) is 1. The highest BCUT2D eigenvalue weighted by Crippen LogP contribution is 2.32. The maximum Gasteiger partial charge on any atom is 0.234 e. The Morgan fingerprint density at radius 3 is 2.61 bits per heavy atom. The lowest BCUT2D eigenvalue weighted by atomic mass is 10.2. The van der Waals surface area contributed by atoms with Crippen molar-refractivity contribution in [3.05, 3.63) is 48.0 Å². The van der Waals surface area contributed by atoms with Crippen LogP contribution in [0.15, 0.2) is 47.6 Å². The van der Waals surface area contributed by atoms with Crippen molar-refractivity contribution in [2.45, 2.75) is 12.1 Å². The minimum atomic E-state index is -0.144. The van der Waals surface area contributed by atoms with Gasteiger partial charge in [0.2, 0.25) is 11.1 Å². The molecule has 3 rings (SSSR count). The van der Waals surface area contributed by atoms with E-state index in [1.165, 1.54) is 16.4 Å². The fourth-order valence-corrected chi connectivity index (χ4v) is 3.23. The predicted octanol–water partition coefficient (Wildman–Crippen LogP) is 2.72. The minimum absolute atomic E-state index is 0.144. The first kappa shape index (κ1) is 19.6. The van der Waals surface area contributed by atoms with E-state index in [-0.39, 0.29) is 11.7 Å². The van der Waals surface area contributed by atoms with Crippen molar-refractivity contribution in [3.8, 4) is 22.9 Å². The highest BCUT2D eigenvalue weighted by Gasteiger charge is 2.16. The van der Waals surface area contributed by atoms with E-state index in [2.05, 4.69) is 15.5 Å². The molecule has 3 aromatic rings. The summed E-state index contributed by atoms with van der Waals surface area (Å²) in [5.74, 6) is 7.78. The Morgan fingerprint density at radius 2 is 1.89 bits per heavy atom. The number of methoxy groups -OCH3 is 2. The Hall–Kier alpha value is -3.20. The van der Waals surface area contributed by atoms with Gasteiger partial charge in [0.1, 0.15) is 0 Å². The maximum absolute atomic E-state index is 12.2. The second-order valence-corrected chi connectivity index (χ2v) is 6.84. The number of benzene rings is 2. The molecule has 0 saturated heterocycles. The Labute approximate surface area is 167 Å². The topological polar surface area (TPSA) is 104 Å². The molecule has 0 spiro atoms. The SMILES string of the molecule is COc1ccc(-c2nnc(SCC(=O)Nc3ccccc3C)n2N)cc1OC. The van der Waals surface area contributed by atoms with Crippen LogP contribution in [0, 0.1) is 6.92 Å². The van der Waals surface area contributed by atoms with E-state index in [1.54, 1.807) is 26.4 Å². The second kappa shape index (κ2) is 8.66. The van der Waals surface area contributed by atoms with Gasteiger partial charge in [-0.05, 0) is 36.8 Å². The number of carbonyl (C=O) groups is 1. The van der Waals surface area contributed by atoms with Crippen molar-refractivity contribution in [3.63, 3.8) is 0 Å². The Morgan fingerprint density at radius 1 is 1.14 bits per heavy atom. The smallest absolute Gasteiger partial charge is 0.234 e. The number of carbonyl (C=O) groups excluding carboxylic acids is 1. The highest BCUT2D eigenvalue weighted by atomic mass is 32.2. The van der Waals surface area contributed by atoms with Gasteiger partial charge in [0.05, 0.1) is 20.0 Å². The molecule has 0 aliphatic rings. The summed E-state index contributed by atoms with van der Waals surface area (Å²) in [5, 5.41) is 11.5. The lowest BCUT2D eigenvalue weighted by molar-refractivity contribution is -0.113. The molecule has 8 nitrogen and oxygen atoms in total. The molecule has 0 atom stereocenters. The number of nitrogen functional groups attached to an aromatic ring is 1. The lowest BCUT2D eigenvalue weighted by Gasteiger charge is -2.09. The number of nitrogens with one attached hydrogen (secondary N) is 1. The number of nitrogens with zero attached hydrogens (tertiary/aromatic N) is 3. The summed E-state index contributed by atoms with van der Waals surface area (Å²) in [7, 11) is 3.13. The minimum Gasteiger partial charge on any atom is -0.493 e. The summed E-state index contributed by atoms with van der Waals surface area (Å²) in [5.41, 5.74) is 2.51. The first-order chi connectivity index (χ1) is 13.5. The fourth-order valence-electron chi connectivity index (χ4n) is 2.58. The molecule has 146 valence electrons. The third kappa shape index (κ3) is 4.20. The average Bonchev–Trinajstić information content (AvgIpc) is 3.08. The third-order valence-corrected chi connectivity index (χ3v) is 5.00. The molecular weight excluding hydrogens is 378 g/mol. The largest absolute Gasteiger partial charge is 0.493 e. The van der Waals surface area contributed by atoms with Gasteiger partial charge in [-0.2, -0.15) is 0 Å². The average molecular weight is 399 g/mol. The van der Waals surface area contributed by atoms with Crippen molar-refractivity contribution in [1.29, 1.82) is 0 Å². The molecule has 0 saturated carbocycles. The molecule has 0 aliphatic heterocycles. The van der Waals surface area contributed by atoms with Crippen LogP contribution in [-0.4, -0.2) is 40.8 Å². The van der Waals surface area contributed by atoms with Crippen molar-refractivity contribution in [2.75, 3.05) is 31.1 Å². The summed E-state index contributed by atoms with van der Waals surface area (Å²) >= 11 is 1.21. The number of hydrogen-bond donors (Lipinski definition) is 2. The van der Waals surface area contributed by atoms with E-state index in [0.717, 1.165) is 16.8 Å². The standard InChI is InChI=1S/C19H21N5O3S/c1-12-6-4-5-7-14(12)21-17(25)11-28-19-23-22-18(24(19)20)13-8-9-15(26-2)16(10-13)27-3/h4-10H,11,20H2,1-3H3,(H,21,25). The van der Waals surface area contributed by atoms with E-state index >= 15 is 0 Å². The molecule has 0 fully saturated rings. The zero-order chi connectivity index (χ0) is 20.1. The first-order valence-corrected chi connectivity index (χ1v) is 9.43. The van der Waals surface area contributed by atoms with Crippen molar-refractivity contribution in [1.82, 2.24) is 14.9 Å². The van der Waals surface area contributed by atoms with Gasteiger partial charge in [-0.15, -0.1) is 10.2 Å². The Kier molecular flexibility index (Phi) is 6.05. The zero-order valence-corrected chi connectivity index (χ0v) is 16.6. The molecule has 0 bridgehead atoms. The van der Waals surface area contributed by atoms with Gasteiger partial charge in [-0.25, -0.2) is 4.68 Å². The first-order valence-electron chi connectivity index (χ1n) is 8.44. The van der Waals surface area contributed by atoms with Gasteiger partial charge in [0.25, 0.3) is 0 Å². The molecule has 3 N–H and O–H groups in total. The zero-order valence-electron chi connectivity index (χ0n) is 15.8. The molecule has 2 aromatic carbocycles. The molecule has 28 heavy (non-hydrogen) atoms. The van der Waals surface area contributed by atoms with Crippen LogP contribution in [0.1, 0.15) is 5.56 Å². The van der Waals surface area contributed by atoms with E-state index < -0.39 is 0 Å². The number of hydrogen-bond acceptors (Lipinski definition) is 7. The monoisotopic (exact) mass is 399 g/mol. The van der Waals surface area contributed by atoms with Gasteiger partial charge in [-0.3, -0.25) is 4.79 Å². The van der Waals surface area contributed by atoms with Crippen molar-refractivity contribution < 1.29 is 14.3 Å². The number of thioether (sulfide) groups is 1. The van der Waals surface area contributed by atoms with Gasteiger partial charge < -0.3 is 20.6 Å². The molecule has 1 aromatic heterocycles. The molecule has 9 heteroatoms. The van der Waals surface area contributed by atoms with E-state index in [1.807, 2.05) is 37.3 Å². The van der Waals surface area contributed by atoms with Gasteiger partial charge in [0, 0.05) is 11.3 Å². The number of rotatable bonds is 7. The normalized spacial score (nSPS) is 10.5. The van der Waals surface area contributed by atoms with Gasteiger partial charge in [-0.1, -0.05) is 30.0 Å². The summed E-state index contributed by atoms with van der Waals surface area (Å²) in [6.45, 7) is 1.94. The van der Waals surface area contributed by atoms with E-state index in [4.69, 9.17) is 15.3 Å². The summed E-state index contributed by atoms with van der Waals surface area (Å²) in [6.07, 6.45) is 0. The van der Waals surface area contributed by atoms with Crippen LogP contribution in [0.3, 0.4) is 0 Å². The van der Waals surface area contributed by atoms with Crippen LogP contribution in [0.25, 0.3) is 11.4 Å². The van der Waals surface area contributed by atoms with Crippen LogP contribution < -0.4 is 20.6 Å².